The van der Waals surface area contributed by atoms with Crippen molar-refractivity contribution in [3.8, 4) is 0 Å². The Kier molecular flexibility index (Phi) is 4.34. The molecule has 1 rings (SSSR count). The van der Waals surface area contributed by atoms with E-state index in [1.165, 1.54) is 0 Å². The third-order valence-corrected chi connectivity index (χ3v) is 4.11. The first-order chi connectivity index (χ1) is 8.74. The fourth-order valence-electron chi connectivity index (χ4n) is 3.65. The van der Waals surface area contributed by atoms with Crippen LogP contribution in [0.5, 0.6) is 0 Å². The van der Waals surface area contributed by atoms with Crippen LogP contribution in [0.4, 0.5) is 13.2 Å². The monoisotopic (exact) mass is 295 g/mol. The van der Waals surface area contributed by atoms with Crippen LogP contribution in [0.15, 0.2) is 0 Å². The van der Waals surface area contributed by atoms with Gasteiger partial charge in [0.2, 0.25) is 5.72 Å². The third kappa shape index (κ3) is 3.01. The standard InChI is InChI=1S/C14H24F3NO2/c1-10(19)9-13(20,14(15,16)17)18-11(2,3)7-6-8-12(18,4)5/h20H,6-9H2,1-5H3. The molecule has 0 amide bonds. The molecule has 0 aliphatic carbocycles. The maximum atomic E-state index is 13.5. The van der Waals surface area contributed by atoms with Gasteiger partial charge in [0.05, 0.1) is 6.42 Å². The number of alkyl halides is 3. The van der Waals surface area contributed by atoms with Crippen molar-refractivity contribution in [3.05, 3.63) is 0 Å². The van der Waals surface area contributed by atoms with Gasteiger partial charge < -0.3 is 5.11 Å². The average Bonchev–Trinajstić information content (AvgIpc) is 2.10. The molecule has 1 aliphatic heterocycles. The van der Waals surface area contributed by atoms with Crippen LogP contribution < -0.4 is 0 Å². The highest BCUT2D eigenvalue weighted by Crippen LogP contribution is 2.49. The van der Waals surface area contributed by atoms with Crippen LogP contribution in [0.1, 0.15) is 60.3 Å². The minimum atomic E-state index is -4.88. The summed E-state index contributed by atoms with van der Waals surface area (Å²) in [6, 6.07) is 0. The van der Waals surface area contributed by atoms with E-state index in [1.807, 2.05) is 0 Å². The van der Waals surface area contributed by atoms with Crippen molar-refractivity contribution in [3.63, 3.8) is 0 Å². The lowest BCUT2D eigenvalue weighted by Crippen LogP contribution is -2.73. The summed E-state index contributed by atoms with van der Waals surface area (Å²) in [6.07, 6.45) is -3.93. The second kappa shape index (κ2) is 4.98. The molecular formula is C14H24F3NO2. The lowest BCUT2D eigenvalue weighted by molar-refractivity contribution is -0.351. The first-order valence-corrected chi connectivity index (χ1v) is 6.83. The summed E-state index contributed by atoms with van der Waals surface area (Å²) < 4.78 is 40.5. The normalized spacial score (nSPS) is 26.1. The number of piperidine rings is 1. The molecule has 0 aromatic rings. The fraction of sp³-hybridized carbons (Fsp3) is 0.929. The highest BCUT2D eigenvalue weighted by Gasteiger charge is 2.64. The van der Waals surface area contributed by atoms with Crippen LogP contribution in [0.2, 0.25) is 0 Å². The Balaban J connectivity index is 3.40. The largest absolute Gasteiger partial charge is 0.431 e. The van der Waals surface area contributed by atoms with E-state index in [-0.39, 0.29) is 0 Å². The van der Waals surface area contributed by atoms with Crippen LogP contribution in [-0.4, -0.2) is 38.8 Å². The van der Waals surface area contributed by atoms with E-state index in [0.29, 0.717) is 12.8 Å². The van der Waals surface area contributed by atoms with Gasteiger partial charge in [-0.25, -0.2) is 0 Å². The molecule has 118 valence electrons. The molecule has 1 heterocycles. The van der Waals surface area contributed by atoms with Crippen molar-refractivity contribution in [1.82, 2.24) is 4.90 Å². The van der Waals surface area contributed by atoms with Crippen LogP contribution >= 0.6 is 0 Å². The number of carbonyl (C=O) groups is 1. The molecule has 1 saturated heterocycles. The number of Topliss-reactive ketones (excluding diaryl/α,β-unsaturated/α-hetero) is 1. The summed E-state index contributed by atoms with van der Waals surface area (Å²) in [5.41, 5.74) is -4.78. The zero-order valence-electron chi connectivity index (χ0n) is 12.8. The molecule has 0 saturated carbocycles. The SMILES string of the molecule is CC(=O)CC(O)(N1C(C)(C)CCCC1(C)C)C(F)(F)F. The van der Waals surface area contributed by atoms with Crippen molar-refractivity contribution in [2.75, 3.05) is 0 Å². The zero-order valence-corrected chi connectivity index (χ0v) is 12.8. The maximum absolute atomic E-state index is 13.5. The predicted molar refractivity (Wildman–Crippen MR) is 70.2 cm³/mol. The topological polar surface area (TPSA) is 40.5 Å². The number of hydrogen-bond donors (Lipinski definition) is 1. The van der Waals surface area contributed by atoms with Gasteiger partial charge in [-0.05, 0) is 53.9 Å². The number of ketones is 1. The Labute approximate surface area is 118 Å². The summed E-state index contributed by atoms with van der Waals surface area (Å²) >= 11 is 0. The molecule has 0 aromatic carbocycles. The van der Waals surface area contributed by atoms with Crippen molar-refractivity contribution < 1.29 is 23.1 Å². The second-order valence-electron chi connectivity index (χ2n) is 7.01. The molecule has 20 heavy (non-hydrogen) atoms. The molecule has 1 unspecified atom stereocenters. The Morgan fingerprint density at radius 3 is 1.85 bits per heavy atom. The summed E-state index contributed by atoms with van der Waals surface area (Å²) in [6.45, 7) is 7.81. The molecule has 1 N–H and O–H groups in total. The molecule has 1 atom stereocenters. The van der Waals surface area contributed by atoms with E-state index in [4.69, 9.17) is 0 Å². The van der Waals surface area contributed by atoms with Gasteiger partial charge in [-0.1, -0.05) is 0 Å². The van der Waals surface area contributed by atoms with Crippen molar-refractivity contribution in [2.45, 2.75) is 83.3 Å². The Bertz CT molecular complexity index is 374. The maximum Gasteiger partial charge on any atom is 0.431 e. The highest BCUT2D eigenvalue weighted by molar-refractivity contribution is 5.76. The number of halogens is 3. The van der Waals surface area contributed by atoms with Gasteiger partial charge in [0.15, 0.2) is 0 Å². The summed E-state index contributed by atoms with van der Waals surface area (Å²) in [5.74, 6) is -0.679. The van der Waals surface area contributed by atoms with Gasteiger partial charge in [0.25, 0.3) is 0 Å². The Morgan fingerprint density at radius 1 is 1.15 bits per heavy atom. The van der Waals surface area contributed by atoms with Crippen LogP contribution in [-0.2, 0) is 4.79 Å². The number of likely N-dealkylation sites (tertiary alicyclic amines) is 1. The third-order valence-electron chi connectivity index (χ3n) is 4.11. The quantitative estimate of drug-likeness (QED) is 0.869. The van der Waals surface area contributed by atoms with E-state index < -0.39 is 35.2 Å². The minimum absolute atomic E-state index is 0.548. The fourth-order valence-corrected chi connectivity index (χ4v) is 3.65. The first kappa shape index (κ1) is 17.4. The van der Waals surface area contributed by atoms with Crippen molar-refractivity contribution in [2.24, 2.45) is 0 Å². The van der Waals surface area contributed by atoms with Crippen LogP contribution in [0.3, 0.4) is 0 Å². The van der Waals surface area contributed by atoms with Gasteiger partial charge in [-0.2, -0.15) is 13.2 Å². The Morgan fingerprint density at radius 2 is 1.55 bits per heavy atom. The van der Waals surface area contributed by atoms with Crippen molar-refractivity contribution in [1.29, 1.82) is 0 Å². The number of nitrogens with zero attached hydrogens (tertiary/aromatic N) is 1. The van der Waals surface area contributed by atoms with Crippen molar-refractivity contribution >= 4 is 5.78 Å². The molecule has 1 aliphatic rings. The van der Waals surface area contributed by atoms with Crippen LogP contribution in [0, 0.1) is 0 Å². The van der Waals surface area contributed by atoms with Gasteiger partial charge >= 0.3 is 6.18 Å². The van der Waals surface area contributed by atoms with E-state index in [0.717, 1.165) is 18.2 Å². The average molecular weight is 295 g/mol. The molecular weight excluding hydrogens is 271 g/mol. The molecule has 0 bridgehead atoms. The molecule has 6 heteroatoms. The number of carbonyl (C=O) groups excluding carboxylic acids is 1. The van der Waals surface area contributed by atoms with Crippen LogP contribution in [0.25, 0.3) is 0 Å². The molecule has 1 fully saturated rings. The lowest BCUT2D eigenvalue weighted by Gasteiger charge is -2.59. The lowest BCUT2D eigenvalue weighted by atomic mass is 9.76. The molecule has 0 radical (unpaired) electrons. The number of hydrogen-bond acceptors (Lipinski definition) is 3. The molecule has 0 spiro atoms. The predicted octanol–water partition coefficient (Wildman–Crippen LogP) is 3.26. The molecule has 3 nitrogen and oxygen atoms in total. The van der Waals surface area contributed by atoms with Gasteiger partial charge in [0.1, 0.15) is 5.78 Å². The first-order valence-electron chi connectivity index (χ1n) is 6.83. The van der Waals surface area contributed by atoms with Gasteiger partial charge in [-0.3, -0.25) is 9.69 Å². The van der Waals surface area contributed by atoms with E-state index in [9.17, 15) is 23.1 Å². The summed E-state index contributed by atoms with van der Waals surface area (Å²) in [4.78, 5) is 12.4. The van der Waals surface area contributed by atoms with E-state index in [1.54, 1.807) is 27.7 Å². The van der Waals surface area contributed by atoms with Gasteiger partial charge in [0, 0.05) is 11.1 Å². The smallest absolute Gasteiger partial charge is 0.367 e. The second-order valence-corrected chi connectivity index (χ2v) is 7.01. The molecule has 0 aromatic heterocycles. The number of rotatable bonds is 3. The highest BCUT2D eigenvalue weighted by atomic mass is 19.4. The van der Waals surface area contributed by atoms with Gasteiger partial charge in [-0.15, -0.1) is 0 Å². The van der Waals surface area contributed by atoms with E-state index >= 15 is 0 Å². The summed E-state index contributed by atoms with van der Waals surface area (Å²) in [7, 11) is 0. The Hall–Kier alpha value is -0.620. The zero-order chi connectivity index (χ0) is 16.0. The minimum Gasteiger partial charge on any atom is -0.367 e. The summed E-state index contributed by atoms with van der Waals surface area (Å²) in [5, 5.41) is 10.4. The number of aliphatic hydroxyl groups is 1. The van der Waals surface area contributed by atoms with E-state index in [2.05, 4.69) is 0 Å².